The number of aliphatic hydroxyl groups is 1. The number of hydrogen-bond acceptors (Lipinski definition) is 5. The van der Waals surface area contributed by atoms with Crippen LogP contribution in [0.3, 0.4) is 0 Å². The second-order valence-electron chi connectivity index (χ2n) is 7.15. The van der Waals surface area contributed by atoms with Gasteiger partial charge >= 0.3 is 0 Å². The Morgan fingerprint density at radius 2 is 1.74 bits per heavy atom. The highest BCUT2D eigenvalue weighted by molar-refractivity contribution is 5.68. The minimum Gasteiger partial charge on any atom is -0.497 e. The number of methoxy groups -OCH3 is 1. The molecule has 3 rings (SSSR count). The van der Waals surface area contributed by atoms with Crippen LogP contribution in [-0.2, 0) is 6.54 Å². The van der Waals surface area contributed by atoms with E-state index >= 15 is 0 Å². The molecule has 3 aromatic carbocycles. The average Bonchev–Trinajstić information content (AvgIpc) is 2.82. The number of non-ortho nitro benzene ring substituents is 1. The quantitative estimate of drug-likeness (QED) is 0.361. The highest BCUT2D eigenvalue weighted by atomic mass is 16.6. The summed E-state index contributed by atoms with van der Waals surface area (Å²) in [6, 6.07) is 23.9. The second-order valence-corrected chi connectivity index (χ2v) is 7.15. The molecular weight excluding hydrogens is 392 g/mol. The first-order chi connectivity index (χ1) is 15.1. The van der Waals surface area contributed by atoms with Crippen LogP contribution in [0.5, 0.6) is 5.75 Å². The highest BCUT2D eigenvalue weighted by Gasteiger charge is 2.10. The van der Waals surface area contributed by atoms with Crippen molar-refractivity contribution in [1.82, 2.24) is 5.32 Å². The SMILES string of the molecule is COc1ccc(C(O)C/C=C(\CNCc2ccccc2)c2ccc([N+](=O)[O-])cc2)cc1. The van der Waals surface area contributed by atoms with Gasteiger partial charge in [0.25, 0.3) is 5.69 Å². The van der Waals surface area contributed by atoms with E-state index in [1.165, 1.54) is 17.7 Å². The number of ether oxygens (including phenoxy) is 1. The van der Waals surface area contributed by atoms with E-state index in [1.807, 2.05) is 48.5 Å². The van der Waals surface area contributed by atoms with E-state index in [9.17, 15) is 15.2 Å². The molecule has 160 valence electrons. The molecule has 0 aliphatic heterocycles. The third kappa shape index (κ3) is 6.50. The lowest BCUT2D eigenvalue weighted by Crippen LogP contribution is -2.16. The zero-order chi connectivity index (χ0) is 22.1. The monoisotopic (exact) mass is 418 g/mol. The lowest BCUT2D eigenvalue weighted by atomic mass is 10.0. The zero-order valence-corrected chi connectivity index (χ0v) is 17.4. The van der Waals surface area contributed by atoms with Crippen molar-refractivity contribution in [2.75, 3.05) is 13.7 Å². The van der Waals surface area contributed by atoms with Crippen LogP contribution in [0.15, 0.2) is 84.9 Å². The van der Waals surface area contributed by atoms with Gasteiger partial charge in [-0.25, -0.2) is 0 Å². The summed E-state index contributed by atoms with van der Waals surface area (Å²) >= 11 is 0. The Hall–Kier alpha value is -3.48. The fourth-order valence-corrected chi connectivity index (χ4v) is 3.24. The Morgan fingerprint density at radius 3 is 2.35 bits per heavy atom. The number of aliphatic hydroxyl groups excluding tert-OH is 1. The molecule has 31 heavy (non-hydrogen) atoms. The number of benzene rings is 3. The summed E-state index contributed by atoms with van der Waals surface area (Å²) in [7, 11) is 1.60. The molecule has 0 radical (unpaired) electrons. The van der Waals surface area contributed by atoms with Gasteiger partial charge < -0.3 is 15.2 Å². The van der Waals surface area contributed by atoms with Gasteiger partial charge in [0, 0.05) is 25.2 Å². The number of rotatable bonds is 10. The molecule has 3 aromatic rings. The first kappa shape index (κ1) is 22.2. The molecule has 1 atom stereocenters. The molecule has 2 N–H and O–H groups in total. The van der Waals surface area contributed by atoms with Crippen LogP contribution in [0, 0.1) is 10.1 Å². The van der Waals surface area contributed by atoms with E-state index in [2.05, 4.69) is 17.4 Å². The summed E-state index contributed by atoms with van der Waals surface area (Å²) in [6.45, 7) is 1.27. The average molecular weight is 418 g/mol. The van der Waals surface area contributed by atoms with E-state index in [1.54, 1.807) is 19.2 Å². The summed E-state index contributed by atoms with van der Waals surface area (Å²) in [5.41, 5.74) is 3.88. The van der Waals surface area contributed by atoms with Gasteiger partial charge in [-0.05, 0) is 52.9 Å². The van der Waals surface area contributed by atoms with Gasteiger partial charge in [0.1, 0.15) is 5.75 Å². The number of nitro benzene ring substituents is 1. The fourth-order valence-electron chi connectivity index (χ4n) is 3.24. The molecule has 0 aromatic heterocycles. The van der Waals surface area contributed by atoms with Crippen LogP contribution in [0.25, 0.3) is 5.57 Å². The molecule has 0 fully saturated rings. The Labute approximate surface area is 182 Å². The molecule has 0 heterocycles. The van der Waals surface area contributed by atoms with Crippen molar-refractivity contribution < 1.29 is 14.8 Å². The van der Waals surface area contributed by atoms with Crippen LogP contribution >= 0.6 is 0 Å². The standard InChI is InChI=1S/C25H26N2O4/c1-31-24-14-9-21(10-15-24)25(28)16-11-22(18-26-17-19-5-3-2-4-6-19)20-7-12-23(13-8-20)27(29)30/h2-15,25-26,28H,16-18H2,1H3/b22-11+. The van der Waals surface area contributed by atoms with E-state index < -0.39 is 11.0 Å². The van der Waals surface area contributed by atoms with Crippen molar-refractivity contribution in [3.8, 4) is 5.75 Å². The Bertz CT molecular complexity index is 1000. The predicted molar refractivity (Wildman–Crippen MR) is 122 cm³/mol. The smallest absolute Gasteiger partial charge is 0.269 e. The van der Waals surface area contributed by atoms with Crippen LogP contribution in [-0.4, -0.2) is 23.7 Å². The second kappa shape index (κ2) is 11.1. The van der Waals surface area contributed by atoms with Gasteiger partial charge in [-0.2, -0.15) is 0 Å². The maximum absolute atomic E-state index is 11.0. The normalized spacial score (nSPS) is 12.4. The topological polar surface area (TPSA) is 84.6 Å². The van der Waals surface area contributed by atoms with Crippen molar-refractivity contribution in [3.63, 3.8) is 0 Å². The molecule has 0 spiro atoms. The Kier molecular flexibility index (Phi) is 7.92. The molecule has 0 aliphatic carbocycles. The Balaban J connectivity index is 1.73. The van der Waals surface area contributed by atoms with E-state index in [0.29, 0.717) is 19.5 Å². The van der Waals surface area contributed by atoms with E-state index in [4.69, 9.17) is 4.74 Å². The van der Waals surface area contributed by atoms with Crippen LogP contribution < -0.4 is 10.1 Å². The van der Waals surface area contributed by atoms with Crippen molar-refractivity contribution in [2.24, 2.45) is 0 Å². The largest absolute Gasteiger partial charge is 0.497 e. The third-order valence-electron chi connectivity index (χ3n) is 5.02. The van der Waals surface area contributed by atoms with Crippen molar-refractivity contribution >= 4 is 11.3 Å². The first-order valence-electron chi connectivity index (χ1n) is 10.1. The first-order valence-corrected chi connectivity index (χ1v) is 10.1. The van der Waals surface area contributed by atoms with Crippen LogP contribution in [0.4, 0.5) is 5.69 Å². The van der Waals surface area contributed by atoms with Gasteiger partial charge in [0.05, 0.1) is 18.1 Å². The molecule has 6 nitrogen and oxygen atoms in total. The molecule has 0 bridgehead atoms. The minimum atomic E-state index is -0.659. The summed E-state index contributed by atoms with van der Waals surface area (Å²) in [5.74, 6) is 0.739. The van der Waals surface area contributed by atoms with E-state index in [-0.39, 0.29) is 5.69 Å². The van der Waals surface area contributed by atoms with Gasteiger partial charge in [-0.3, -0.25) is 10.1 Å². The van der Waals surface area contributed by atoms with Crippen LogP contribution in [0.1, 0.15) is 29.2 Å². The van der Waals surface area contributed by atoms with Crippen molar-refractivity contribution in [2.45, 2.75) is 19.1 Å². The molecule has 0 aliphatic rings. The summed E-state index contributed by atoms with van der Waals surface area (Å²) in [4.78, 5) is 10.6. The number of nitrogens with one attached hydrogen (secondary N) is 1. The molecule has 6 heteroatoms. The number of hydrogen-bond donors (Lipinski definition) is 2. The summed E-state index contributed by atoms with van der Waals surface area (Å²) in [6.07, 6.45) is 1.74. The molecule has 0 saturated carbocycles. The summed E-state index contributed by atoms with van der Waals surface area (Å²) in [5, 5.41) is 25.0. The van der Waals surface area contributed by atoms with Gasteiger partial charge in [0.15, 0.2) is 0 Å². The van der Waals surface area contributed by atoms with Crippen molar-refractivity contribution in [3.05, 3.63) is 112 Å². The molecule has 0 saturated heterocycles. The molecular formula is C25H26N2O4. The maximum Gasteiger partial charge on any atom is 0.269 e. The van der Waals surface area contributed by atoms with Crippen molar-refractivity contribution in [1.29, 1.82) is 0 Å². The lowest BCUT2D eigenvalue weighted by Gasteiger charge is -2.13. The molecule has 0 amide bonds. The number of nitro groups is 1. The zero-order valence-electron chi connectivity index (χ0n) is 17.4. The number of nitrogens with zero attached hydrogens (tertiary/aromatic N) is 1. The minimum absolute atomic E-state index is 0.0543. The molecule has 1 unspecified atom stereocenters. The Morgan fingerprint density at radius 1 is 1.06 bits per heavy atom. The van der Waals surface area contributed by atoms with Gasteiger partial charge in [0.2, 0.25) is 0 Å². The fraction of sp³-hybridized carbons (Fsp3) is 0.200. The highest BCUT2D eigenvalue weighted by Crippen LogP contribution is 2.24. The predicted octanol–water partition coefficient (Wildman–Crippen LogP) is 4.90. The van der Waals surface area contributed by atoms with Crippen LogP contribution in [0.2, 0.25) is 0 Å². The third-order valence-corrected chi connectivity index (χ3v) is 5.02. The van der Waals surface area contributed by atoms with Gasteiger partial charge in [-0.1, -0.05) is 48.5 Å². The van der Waals surface area contributed by atoms with E-state index in [0.717, 1.165) is 22.4 Å². The van der Waals surface area contributed by atoms with Gasteiger partial charge in [-0.15, -0.1) is 0 Å². The lowest BCUT2D eigenvalue weighted by molar-refractivity contribution is -0.384. The maximum atomic E-state index is 11.0. The summed E-state index contributed by atoms with van der Waals surface area (Å²) < 4.78 is 5.16.